The van der Waals surface area contributed by atoms with Crippen molar-refractivity contribution in [1.82, 2.24) is 0 Å². The molecule has 14 heavy (non-hydrogen) atoms. The maximum Gasteiger partial charge on any atom is 0.312 e. The highest BCUT2D eigenvalue weighted by molar-refractivity contribution is 7.80. The van der Waals surface area contributed by atoms with Gasteiger partial charge in [-0.15, -0.1) is 0 Å². The van der Waals surface area contributed by atoms with E-state index in [1.807, 2.05) is 0 Å². The third-order valence-corrected chi connectivity index (χ3v) is 1.54. The number of benzene rings is 1. The summed E-state index contributed by atoms with van der Waals surface area (Å²) in [6.07, 6.45) is 0. The quantitative estimate of drug-likeness (QED) is 0.292. The molecule has 4 N–H and O–H groups in total. The van der Waals surface area contributed by atoms with E-state index in [0.717, 1.165) is 6.07 Å². The molecule has 0 atom stereocenters. The number of nitro groups is 1. The predicted molar refractivity (Wildman–Crippen MR) is 55.2 cm³/mol. The summed E-state index contributed by atoms with van der Waals surface area (Å²) in [5.41, 5.74) is 5.14. The molecule has 0 heterocycles. The molecule has 0 amide bonds. The minimum atomic E-state index is -0.694. The summed E-state index contributed by atoms with van der Waals surface area (Å²) >= 11 is 4.55. The molecule has 0 unspecified atom stereocenters. The van der Waals surface area contributed by atoms with Gasteiger partial charge in [-0.3, -0.25) is 10.1 Å². The van der Waals surface area contributed by atoms with Crippen LogP contribution in [-0.4, -0.2) is 15.1 Å². The number of nitrogens with two attached hydrogens (primary N) is 1. The molecule has 0 radical (unpaired) electrons. The highest BCUT2D eigenvalue weighted by Crippen LogP contribution is 2.28. The number of phenols is 1. The molecule has 0 spiro atoms. The van der Waals surface area contributed by atoms with E-state index in [-0.39, 0.29) is 5.11 Å². The van der Waals surface area contributed by atoms with Gasteiger partial charge in [0, 0.05) is 11.8 Å². The molecule has 1 aromatic rings. The standard InChI is InChI=1S/C7H7N3O3S/c8-7(14)9-4-1-2-6(11)5(3-4)10(12)13/h1-3,11H,(H3,8,9,14). The van der Waals surface area contributed by atoms with Gasteiger partial charge in [0.15, 0.2) is 10.9 Å². The lowest BCUT2D eigenvalue weighted by Crippen LogP contribution is -2.18. The molecular weight excluding hydrogens is 206 g/mol. The highest BCUT2D eigenvalue weighted by Gasteiger charge is 2.13. The fraction of sp³-hybridized carbons (Fsp3) is 0. The van der Waals surface area contributed by atoms with E-state index < -0.39 is 16.4 Å². The Labute approximate surface area is 84.5 Å². The molecule has 0 bridgehead atoms. The van der Waals surface area contributed by atoms with Crippen molar-refractivity contribution >= 4 is 28.7 Å². The number of nitro benzene ring substituents is 1. The minimum Gasteiger partial charge on any atom is -0.502 e. The number of thiocarbonyl (C=S) groups is 1. The first-order valence-electron chi connectivity index (χ1n) is 3.54. The lowest BCUT2D eigenvalue weighted by atomic mass is 10.2. The normalized spacial score (nSPS) is 9.43. The second kappa shape index (κ2) is 3.88. The molecule has 0 aliphatic heterocycles. The zero-order valence-electron chi connectivity index (χ0n) is 6.93. The van der Waals surface area contributed by atoms with E-state index in [0.29, 0.717) is 5.69 Å². The van der Waals surface area contributed by atoms with E-state index in [1.165, 1.54) is 12.1 Å². The molecule has 74 valence electrons. The third-order valence-electron chi connectivity index (χ3n) is 1.44. The fourth-order valence-electron chi connectivity index (χ4n) is 0.890. The van der Waals surface area contributed by atoms with Crippen molar-refractivity contribution in [1.29, 1.82) is 0 Å². The van der Waals surface area contributed by atoms with Crippen LogP contribution in [0.1, 0.15) is 0 Å². The molecule has 0 aromatic heterocycles. The summed E-state index contributed by atoms with van der Waals surface area (Å²) in [5.74, 6) is -0.400. The van der Waals surface area contributed by atoms with Gasteiger partial charge >= 0.3 is 5.69 Å². The van der Waals surface area contributed by atoms with Crippen LogP contribution in [0.5, 0.6) is 5.75 Å². The molecule has 0 saturated heterocycles. The Morgan fingerprint density at radius 2 is 2.29 bits per heavy atom. The Morgan fingerprint density at radius 1 is 1.64 bits per heavy atom. The largest absolute Gasteiger partial charge is 0.502 e. The maximum atomic E-state index is 10.4. The van der Waals surface area contributed by atoms with Crippen molar-refractivity contribution in [2.45, 2.75) is 0 Å². The molecule has 7 heteroatoms. The van der Waals surface area contributed by atoms with Crippen molar-refractivity contribution in [2.75, 3.05) is 5.32 Å². The summed E-state index contributed by atoms with van der Waals surface area (Å²) in [7, 11) is 0. The van der Waals surface area contributed by atoms with Crippen LogP contribution in [0.3, 0.4) is 0 Å². The Balaban J connectivity index is 3.06. The number of nitrogens with one attached hydrogen (secondary N) is 1. The van der Waals surface area contributed by atoms with Gasteiger partial charge < -0.3 is 16.2 Å². The van der Waals surface area contributed by atoms with Gasteiger partial charge in [0.1, 0.15) is 0 Å². The summed E-state index contributed by atoms with van der Waals surface area (Å²) in [6.45, 7) is 0. The molecule has 1 rings (SSSR count). The van der Waals surface area contributed by atoms with Crippen LogP contribution >= 0.6 is 12.2 Å². The number of aromatic hydroxyl groups is 1. The molecule has 1 aromatic carbocycles. The number of rotatable bonds is 2. The molecule has 0 saturated carbocycles. The average molecular weight is 213 g/mol. The van der Waals surface area contributed by atoms with E-state index in [4.69, 9.17) is 10.8 Å². The van der Waals surface area contributed by atoms with E-state index in [2.05, 4.69) is 17.5 Å². The van der Waals surface area contributed by atoms with Gasteiger partial charge in [-0.25, -0.2) is 0 Å². The first kappa shape index (κ1) is 10.2. The SMILES string of the molecule is NC(=S)Nc1ccc(O)c([N+](=O)[O-])c1. The van der Waals surface area contributed by atoms with Crippen LogP contribution < -0.4 is 11.1 Å². The van der Waals surface area contributed by atoms with Gasteiger partial charge in [-0.1, -0.05) is 0 Å². The monoisotopic (exact) mass is 213 g/mol. The Morgan fingerprint density at radius 3 is 2.79 bits per heavy atom. The third kappa shape index (κ3) is 2.30. The number of anilines is 1. The number of hydrogen-bond acceptors (Lipinski definition) is 4. The van der Waals surface area contributed by atoms with Gasteiger partial charge in [0.05, 0.1) is 4.92 Å². The Kier molecular flexibility index (Phi) is 2.82. The lowest BCUT2D eigenvalue weighted by Gasteiger charge is -2.03. The van der Waals surface area contributed by atoms with Crippen molar-refractivity contribution in [3.8, 4) is 5.75 Å². The van der Waals surface area contributed by atoms with Crippen LogP contribution in [0.25, 0.3) is 0 Å². The molecule has 0 aliphatic rings. The van der Waals surface area contributed by atoms with Crippen LogP contribution in [-0.2, 0) is 0 Å². The minimum absolute atomic E-state index is 0.00462. The predicted octanol–water partition coefficient (Wildman–Crippen LogP) is 0.956. The van der Waals surface area contributed by atoms with Crippen LogP contribution in [0.15, 0.2) is 18.2 Å². The summed E-state index contributed by atoms with van der Waals surface area (Å²) in [4.78, 5) is 9.72. The second-order valence-electron chi connectivity index (χ2n) is 2.45. The molecule has 0 fully saturated rings. The number of phenolic OH excluding ortho intramolecular Hbond substituents is 1. The molecular formula is C7H7N3O3S. The Hall–Kier alpha value is -1.89. The van der Waals surface area contributed by atoms with Gasteiger partial charge in [0.2, 0.25) is 0 Å². The summed E-state index contributed by atoms with van der Waals surface area (Å²) < 4.78 is 0. The smallest absolute Gasteiger partial charge is 0.312 e. The zero-order chi connectivity index (χ0) is 10.7. The highest BCUT2D eigenvalue weighted by atomic mass is 32.1. The second-order valence-corrected chi connectivity index (χ2v) is 2.89. The van der Waals surface area contributed by atoms with Crippen molar-refractivity contribution in [3.05, 3.63) is 28.3 Å². The van der Waals surface area contributed by atoms with Crippen molar-refractivity contribution in [2.24, 2.45) is 5.73 Å². The number of hydrogen-bond donors (Lipinski definition) is 3. The van der Waals surface area contributed by atoms with Crippen LogP contribution in [0.2, 0.25) is 0 Å². The van der Waals surface area contributed by atoms with Crippen molar-refractivity contribution in [3.63, 3.8) is 0 Å². The maximum absolute atomic E-state index is 10.4. The van der Waals surface area contributed by atoms with Crippen LogP contribution in [0.4, 0.5) is 11.4 Å². The summed E-state index contributed by atoms with van der Waals surface area (Å²) in [6, 6.07) is 3.77. The topological polar surface area (TPSA) is 101 Å². The molecule has 0 aliphatic carbocycles. The number of nitrogens with zero attached hydrogens (tertiary/aromatic N) is 1. The van der Waals surface area contributed by atoms with Crippen molar-refractivity contribution < 1.29 is 10.0 Å². The van der Waals surface area contributed by atoms with Gasteiger partial charge in [-0.2, -0.15) is 0 Å². The fourth-order valence-corrected chi connectivity index (χ4v) is 1.01. The zero-order valence-corrected chi connectivity index (χ0v) is 7.75. The van der Waals surface area contributed by atoms with E-state index >= 15 is 0 Å². The first-order valence-corrected chi connectivity index (χ1v) is 3.95. The summed E-state index contributed by atoms with van der Waals surface area (Å²) in [5, 5.41) is 22.0. The average Bonchev–Trinajstić information content (AvgIpc) is 2.07. The first-order chi connectivity index (χ1) is 6.50. The van der Waals surface area contributed by atoms with E-state index in [1.54, 1.807) is 0 Å². The van der Waals surface area contributed by atoms with Gasteiger partial charge in [0.25, 0.3) is 0 Å². The molecule has 6 nitrogen and oxygen atoms in total. The van der Waals surface area contributed by atoms with Crippen LogP contribution in [0, 0.1) is 10.1 Å². The lowest BCUT2D eigenvalue weighted by molar-refractivity contribution is -0.385. The van der Waals surface area contributed by atoms with E-state index in [9.17, 15) is 10.1 Å². The Bertz CT molecular complexity index is 394. The van der Waals surface area contributed by atoms with Gasteiger partial charge in [-0.05, 0) is 24.4 Å².